The molecule has 2 aromatic rings. The number of hydrogen-bond acceptors (Lipinski definition) is 3. The van der Waals surface area contributed by atoms with E-state index in [1.54, 1.807) is 6.07 Å². The molecule has 0 aliphatic heterocycles. The molecule has 0 aliphatic carbocycles. The summed E-state index contributed by atoms with van der Waals surface area (Å²) >= 11 is 0. The first-order valence-electron chi connectivity index (χ1n) is 6.42. The molecule has 1 aromatic carbocycles. The third kappa shape index (κ3) is 2.42. The van der Waals surface area contributed by atoms with Gasteiger partial charge in [0.2, 0.25) is 0 Å². The maximum Gasteiger partial charge on any atom is 0.149 e. The Hall–Kier alpha value is -1.71. The van der Waals surface area contributed by atoms with Gasteiger partial charge in [-0.1, -0.05) is 19.4 Å². The normalized spacial score (nSPS) is 10.8. The van der Waals surface area contributed by atoms with E-state index in [9.17, 15) is 4.39 Å². The smallest absolute Gasteiger partial charge is 0.149 e. The van der Waals surface area contributed by atoms with Crippen molar-refractivity contribution in [1.82, 2.24) is 9.97 Å². The van der Waals surface area contributed by atoms with Gasteiger partial charge >= 0.3 is 0 Å². The lowest BCUT2D eigenvalue weighted by Crippen LogP contribution is -2.25. The average Bonchev–Trinajstić information content (AvgIpc) is 2.40. The molecule has 0 fully saturated rings. The molecule has 0 aliphatic rings. The van der Waals surface area contributed by atoms with Crippen molar-refractivity contribution in [2.24, 2.45) is 0 Å². The highest BCUT2D eigenvalue weighted by molar-refractivity contribution is 5.89. The van der Waals surface area contributed by atoms with Gasteiger partial charge in [0.25, 0.3) is 0 Å². The van der Waals surface area contributed by atoms with Gasteiger partial charge in [-0.2, -0.15) is 0 Å². The van der Waals surface area contributed by atoms with Gasteiger partial charge in [0.1, 0.15) is 23.5 Å². The van der Waals surface area contributed by atoms with Gasteiger partial charge in [-0.3, -0.25) is 0 Å². The fourth-order valence-corrected chi connectivity index (χ4v) is 2.05. The van der Waals surface area contributed by atoms with E-state index < -0.39 is 0 Å². The van der Waals surface area contributed by atoms with Crippen molar-refractivity contribution in [3.8, 4) is 0 Å². The summed E-state index contributed by atoms with van der Waals surface area (Å²) in [4.78, 5) is 10.5. The first kappa shape index (κ1) is 12.7. The summed E-state index contributed by atoms with van der Waals surface area (Å²) in [7, 11) is 0. The van der Waals surface area contributed by atoms with Crippen molar-refractivity contribution in [2.45, 2.75) is 26.7 Å². The van der Waals surface area contributed by atoms with Crippen molar-refractivity contribution < 1.29 is 4.39 Å². The van der Waals surface area contributed by atoms with E-state index in [1.165, 1.54) is 12.4 Å². The Bertz CT molecular complexity index is 527. The zero-order valence-corrected chi connectivity index (χ0v) is 10.9. The summed E-state index contributed by atoms with van der Waals surface area (Å²) in [5, 5.41) is 0.787. The molecular formula is C14H18FN3. The second-order valence-electron chi connectivity index (χ2n) is 4.27. The number of benzene rings is 1. The summed E-state index contributed by atoms with van der Waals surface area (Å²) < 4.78 is 13.7. The Morgan fingerprint density at radius 1 is 1.22 bits per heavy atom. The largest absolute Gasteiger partial charge is 0.356 e. The van der Waals surface area contributed by atoms with Crippen LogP contribution in [-0.2, 0) is 0 Å². The lowest BCUT2D eigenvalue weighted by Gasteiger charge is -2.22. The first-order valence-corrected chi connectivity index (χ1v) is 6.42. The molecule has 1 heterocycles. The van der Waals surface area contributed by atoms with Crippen molar-refractivity contribution >= 4 is 16.7 Å². The monoisotopic (exact) mass is 247 g/mol. The van der Waals surface area contributed by atoms with Gasteiger partial charge in [-0.05, 0) is 25.5 Å². The molecule has 0 spiro atoms. The van der Waals surface area contributed by atoms with Crippen LogP contribution in [0.1, 0.15) is 26.7 Å². The summed E-state index contributed by atoms with van der Waals surface area (Å²) in [6, 6.07) is 5.02. The SMILES string of the molecule is CCCCN(CC)c1ncnc2c(F)cccc12. The van der Waals surface area contributed by atoms with Crippen molar-refractivity contribution in [2.75, 3.05) is 18.0 Å². The van der Waals surface area contributed by atoms with Gasteiger partial charge in [0.15, 0.2) is 0 Å². The lowest BCUT2D eigenvalue weighted by molar-refractivity contribution is 0.636. The molecule has 0 unspecified atom stereocenters. The second kappa shape index (κ2) is 5.76. The van der Waals surface area contributed by atoms with Crippen LogP contribution in [0.2, 0.25) is 0 Å². The summed E-state index contributed by atoms with van der Waals surface area (Å²) in [5.41, 5.74) is 0.400. The molecule has 0 amide bonds. The minimum atomic E-state index is -0.289. The number of halogens is 1. The number of fused-ring (bicyclic) bond motifs is 1. The molecule has 96 valence electrons. The Morgan fingerprint density at radius 3 is 2.78 bits per heavy atom. The number of unbranched alkanes of at least 4 members (excludes halogenated alkanes) is 1. The van der Waals surface area contributed by atoms with E-state index in [2.05, 4.69) is 28.7 Å². The van der Waals surface area contributed by atoms with E-state index in [0.29, 0.717) is 5.52 Å². The van der Waals surface area contributed by atoms with Crippen LogP contribution < -0.4 is 4.90 Å². The molecule has 0 N–H and O–H groups in total. The molecule has 0 saturated carbocycles. The number of nitrogens with zero attached hydrogens (tertiary/aromatic N) is 3. The zero-order chi connectivity index (χ0) is 13.0. The highest BCUT2D eigenvalue weighted by atomic mass is 19.1. The topological polar surface area (TPSA) is 29.0 Å². The third-order valence-electron chi connectivity index (χ3n) is 3.06. The second-order valence-corrected chi connectivity index (χ2v) is 4.27. The third-order valence-corrected chi connectivity index (χ3v) is 3.06. The average molecular weight is 247 g/mol. The van der Waals surface area contributed by atoms with Crippen LogP contribution in [-0.4, -0.2) is 23.1 Å². The number of aromatic nitrogens is 2. The number of rotatable bonds is 5. The van der Waals surface area contributed by atoms with E-state index >= 15 is 0 Å². The molecule has 0 atom stereocenters. The summed E-state index contributed by atoms with van der Waals surface area (Å²) in [6.07, 6.45) is 3.68. The Morgan fingerprint density at radius 2 is 2.06 bits per heavy atom. The number of anilines is 1. The van der Waals surface area contributed by atoms with E-state index in [-0.39, 0.29) is 5.82 Å². The van der Waals surface area contributed by atoms with Gasteiger partial charge in [0.05, 0.1) is 0 Å². The van der Waals surface area contributed by atoms with Crippen molar-refractivity contribution in [3.05, 3.63) is 30.3 Å². The Kier molecular flexibility index (Phi) is 4.07. The van der Waals surface area contributed by atoms with Crippen LogP contribution in [0, 0.1) is 5.82 Å². The fraction of sp³-hybridized carbons (Fsp3) is 0.429. The molecule has 1 aromatic heterocycles. The Labute approximate surface area is 107 Å². The molecule has 0 saturated heterocycles. The maximum atomic E-state index is 13.7. The van der Waals surface area contributed by atoms with E-state index in [0.717, 1.165) is 37.1 Å². The number of para-hydroxylation sites is 1. The highest BCUT2D eigenvalue weighted by Gasteiger charge is 2.12. The van der Waals surface area contributed by atoms with Crippen molar-refractivity contribution in [1.29, 1.82) is 0 Å². The molecule has 3 nitrogen and oxygen atoms in total. The predicted octanol–water partition coefficient (Wildman–Crippen LogP) is 3.40. The van der Waals surface area contributed by atoms with Crippen LogP contribution in [0.3, 0.4) is 0 Å². The minimum Gasteiger partial charge on any atom is -0.356 e. The van der Waals surface area contributed by atoms with Gasteiger partial charge in [-0.15, -0.1) is 0 Å². The highest BCUT2D eigenvalue weighted by Crippen LogP contribution is 2.24. The molecule has 18 heavy (non-hydrogen) atoms. The quantitative estimate of drug-likeness (QED) is 0.811. The number of hydrogen-bond donors (Lipinski definition) is 0. The summed E-state index contributed by atoms with van der Waals surface area (Å²) in [6.45, 7) is 6.05. The van der Waals surface area contributed by atoms with E-state index in [1.807, 2.05) is 6.07 Å². The van der Waals surface area contributed by atoms with Gasteiger partial charge < -0.3 is 4.90 Å². The maximum absolute atomic E-state index is 13.7. The van der Waals surface area contributed by atoms with Crippen LogP contribution >= 0.6 is 0 Å². The molecule has 2 rings (SSSR count). The molecule has 0 radical (unpaired) electrons. The van der Waals surface area contributed by atoms with E-state index in [4.69, 9.17) is 0 Å². The van der Waals surface area contributed by atoms with Crippen LogP contribution in [0.15, 0.2) is 24.5 Å². The van der Waals surface area contributed by atoms with Crippen molar-refractivity contribution in [3.63, 3.8) is 0 Å². The van der Waals surface area contributed by atoms with Crippen LogP contribution in [0.4, 0.5) is 10.2 Å². The molecular weight excluding hydrogens is 229 g/mol. The Balaban J connectivity index is 2.46. The van der Waals surface area contributed by atoms with Crippen LogP contribution in [0.5, 0.6) is 0 Å². The fourth-order valence-electron chi connectivity index (χ4n) is 2.05. The lowest BCUT2D eigenvalue weighted by atomic mass is 10.2. The summed E-state index contributed by atoms with van der Waals surface area (Å²) in [5.74, 6) is 0.540. The molecule has 4 heteroatoms. The minimum absolute atomic E-state index is 0.289. The zero-order valence-electron chi connectivity index (χ0n) is 10.9. The molecule has 0 bridgehead atoms. The predicted molar refractivity (Wildman–Crippen MR) is 72.3 cm³/mol. The van der Waals surface area contributed by atoms with Crippen LogP contribution in [0.25, 0.3) is 10.9 Å². The first-order chi connectivity index (χ1) is 8.77. The van der Waals surface area contributed by atoms with Gasteiger partial charge in [-0.25, -0.2) is 14.4 Å². The van der Waals surface area contributed by atoms with Gasteiger partial charge in [0, 0.05) is 18.5 Å². The standard InChI is InChI=1S/C14H18FN3/c1-3-5-9-18(4-2)14-11-7-6-8-12(15)13(11)16-10-17-14/h6-8,10H,3-5,9H2,1-2H3.